The molecule has 0 unspecified atom stereocenters. The van der Waals surface area contributed by atoms with Gasteiger partial charge < -0.3 is 13.8 Å². The summed E-state index contributed by atoms with van der Waals surface area (Å²) in [5.74, 6) is 0.202. The van der Waals surface area contributed by atoms with Crippen molar-refractivity contribution in [3.8, 4) is 11.3 Å². The van der Waals surface area contributed by atoms with Gasteiger partial charge in [0.25, 0.3) is 5.56 Å². The van der Waals surface area contributed by atoms with E-state index in [9.17, 15) is 9.59 Å². The number of para-hydroxylation sites is 2. The van der Waals surface area contributed by atoms with Crippen molar-refractivity contribution in [3.63, 3.8) is 0 Å². The van der Waals surface area contributed by atoms with Crippen molar-refractivity contribution < 1.29 is 14.1 Å². The van der Waals surface area contributed by atoms with Gasteiger partial charge in [-0.15, -0.1) is 0 Å². The third-order valence-corrected chi connectivity index (χ3v) is 5.22. The normalized spacial score (nSPS) is 11.0. The lowest BCUT2D eigenvalue weighted by Gasteiger charge is -2.11. The number of unbranched alkanes of at least 4 members (excludes halogenated alkanes) is 1. The highest BCUT2D eigenvalue weighted by atomic mass is 16.5. The average molecular weight is 431 g/mol. The zero-order valence-electron chi connectivity index (χ0n) is 18.0. The molecule has 7 nitrogen and oxygen atoms in total. The number of esters is 1. The Balaban J connectivity index is 1.39. The molecule has 0 spiro atoms. The molecule has 164 valence electrons. The maximum Gasteiger partial charge on any atom is 0.306 e. The van der Waals surface area contributed by atoms with Crippen LogP contribution in [-0.4, -0.2) is 20.7 Å². The van der Waals surface area contributed by atoms with Crippen LogP contribution in [0, 0.1) is 0 Å². The standard InChI is InChI=1S/C25H25N3O4/c1-2-3-15-28-22-12-8-7-11-20(22)26-21(25(28)30)13-14-24(29)31-17-19-16-23(32-27-19)18-9-5-4-6-10-18/h4-12,16H,2-3,13-15,17H2,1H3. The van der Waals surface area contributed by atoms with Crippen LogP contribution >= 0.6 is 0 Å². The quantitative estimate of drug-likeness (QED) is 0.362. The van der Waals surface area contributed by atoms with Crippen LogP contribution in [0.2, 0.25) is 0 Å². The van der Waals surface area contributed by atoms with Crippen LogP contribution < -0.4 is 5.56 Å². The molecule has 0 bridgehead atoms. The molecule has 0 amide bonds. The van der Waals surface area contributed by atoms with Crippen LogP contribution in [0.4, 0.5) is 0 Å². The fourth-order valence-corrected chi connectivity index (χ4v) is 3.51. The molecule has 0 radical (unpaired) electrons. The second-order valence-electron chi connectivity index (χ2n) is 7.57. The Hall–Kier alpha value is -3.74. The van der Waals surface area contributed by atoms with E-state index in [1.54, 1.807) is 10.6 Å². The van der Waals surface area contributed by atoms with E-state index >= 15 is 0 Å². The van der Waals surface area contributed by atoms with E-state index in [2.05, 4.69) is 17.1 Å². The summed E-state index contributed by atoms with van der Waals surface area (Å²) in [6.45, 7) is 2.73. The largest absolute Gasteiger partial charge is 0.459 e. The molecule has 0 fully saturated rings. The van der Waals surface area contributed by atoms with Gasteiger partial charge in [-0.05, 0) is 18.6 Å². The van der Waals surface area contributed by atoms with E-state index in [1.807, 2.05) is 54.6 Å². The molecular weight excluding hydrogens is 406 g/mol. The lowest BCUT2D eigenvalue weighted by atomic mass is 10.2. The third kappa shape index (κ3) is 4.94. The summed E-state index contributed by atoms with van der Waals surface area (Å²) in [5.41, 5.74) is 3.24. The molecular formula is C25H25N3O4. The number of aryl methyl sites for hydroxylation is 2. The van der Waals surface area contributed by atoms with Gasteiger partial charge in [0, 0.05) is 24.6 Å². The number of hydrogen-bond donors (Lipinski definition) is 0. The van der Waals surface area contributed by atoms with Gasteiger partial charge in [-0.3, -0.25) is 9.59 Å². The van der Waals surface area contributed by atoms with Crippen LogP contribution in [0.1, 0.15) is 37.6 Å². The van der Waals surface area contributed by atoms with Gasteiger partial charge in [0.1, 0.15) is 18.0 Å². The summed E-state index contributed by atoms with van der Waals surface area (Å²) in [6.07, 6.45) is 2.18. The van der Waals surface area contributed by atoms with Gasteiger partial charge in [0.15, 0.2) is 5.76 Å². The third-order valence-electron chi connectivity index (χ3n) is 5.22. The Morgan fingerprint density at radius 3 is 2.69 bits per heavy atom. The van der Waals surface area contributed by atoms with Gasteiger partial charge in [-0.2, -0.15) is 0 Å². The number of rotatable bonds is 9. The molecule has 0 saturated heterocycles. The van der Waals surface area contributed by atoms with E-state index in [0.29, 0.717) is 23.7 Å². The van der Waals surface area contributed by atoms with Crippen LogP contribution in [0.15, 0.2) is 70.0 Å². The lowest BCUT2D eigenvalue weighted by molar-refractivity contribution is -0.145. The van der Waals surface area contributed by atoms with Crippen LogP contribution in [-0.2, 0) is 29.1 Å². The Kier molecular flexibility index (Phi) is 6.75. The first-order valence-electron chi connectivity index (χ1n) is 10.8. The minimum Gasteiger partial charge on any atom is -0.459 e. The van der Waals surface area contributed by atoms with Crippen molar-refractivity contribution in [1.82, 2.24) is 14.7 Å². The average Bonchev–Trinajstić information content (AvgIpc) is 3.31. The van der Waals surface area contributed by atoms with Crippen molar-refractivity contribution in [2.24, 2.45) is 0 Å². The number of hydrogen-bond acceptors (Lipinski definition) is 6. The van der Waals surface area contributed by atoms with Crippen molar-refractivity contribution in [2.75, 3.05) is 0 Å². The highest BCUT2D eigenvalue weighted by Crippen LogP contribution is 2.20. The van der Waals surface area contributed by atoms with E-state index in [1.165, 1.54) is 0 Å². The van der Waals surface area contributed by atoms with Gasteiger partial charge in [0.2, 0.25) is 0 Å². The number of fused-ring (bicyclic) bond motifs is 1. The molecule has 32 heavy (non-hydrogen) atoms. The molecule has 0 aliphatic rings. The molecule has 2 aromatic carbocycles. The Bertz CT molecular complexity index is 1260. The maximum atomic E-state index is 12.9. The summed E-state index contributed by atoms with van der Waals surface area (Å²) < 4.78 is 12.4. The molecule has 0 aliphatic heterocycles. The van der Waals surface area contributed by atoms with E-state index in [-0.39, 0.29) is 25.0 Å². The first-order valence-corrected chi connectivity index (χ1v) is 10.8. The summed E-state index contributed by atoms with van der Waals surface area (Å²) in [5, 5.41) is 3.95. The summed E-state index contributed by atoms with van der Waals surface area (Å²) >= 11 is 0. The first kappa shape index (κ1) is 21.5. The number of ether oxygens (including phenoxy) is 1. The van der Waals surface area contributed by atoms with Gasteiger partial charge in [-0.25, -0.2) is 4.98 Å². The van der Waals surface area contributed by atoms with E-state index < -0.39 is 5.97 Å². The van der Waals surface area contributed by atoms with Crippen molar-refractivity contribution in [2.45, 2.75) is 45.8 Å². The fraction of sp³-hybridized carbons (Fsp3) is 0.280. The number of benzene rings is 2. The molecule has 0 saturated carbocycles. The highest BCUT2D eigenvalue weighted by Gasteiger charge is 2.14. The van der Waals surface area contributed by atoms with Crippen LogP contribution in [0.3, 0.4) is 0 Å². The first-order chi connectivity index (χ1) is 15.7. The molecule has 4 aromatic rings. The zero-order chi connectivity index (χ0) is 22.3. The van der Waals surface area contributed by atoms with Crippen LogP contribution in [0.25, 0.3) is 22.4 Å². The van der Waals surface area contributed by atoms with E-state index in [4.69, 9.17) is 9.26 Å². The summed E-state index contributed by atoms with van der Waals surface area (Å²) in [6, 6.07) is 18.9. The van der Waals surface area contributed by atoms with Crippen molar-refractivity contribution >= 4 is 17.0 Å². The maximum absolute atomic E-state index is 12.9. The lowest BCUT2D eigenvalue weighted by Crippen LogP contribution is -2.26. The number of aromatic nitrogens is 3. The highest BCUT2D eigenvalue weighted by molar-refractivity contribution is 5.75. The number of carbonyl (C=O) groups is 1. The van der Waals surface area contributed by atoms with Crippen molar-refractivity contribution in [3.05, 3.63) is 82.4 Å². The Labute approximate surface area is 185 Å². The van der Waals surface area contributed by atoms with E-state index in [0.717, 1.165) is 29.4 Å². The summed E-state index contributed by atoms with van der Waals surface area (Å²) in [7, 11) is 0. The fourth-order valence-electron chi connectivity index (χ4n) is 3.51. The Morgan fingerprint density at radius 1 is 1.09 bits per heavy atom. The smallest absolute Gasteiger partial charge is 0.306 e. The van der Waals surface area contributed by atoms with Crippen LogP contribution in [0.5, 0.6) is 0 Å². The second-order valence-corrected chi connectivity index (χ2v) is 7.57. The number of carbonyl (C=O) groups excluding carboxylic acids is 1. The minimum atomic E-state index is -0.413. The molecule has 0 N–H and O–H groups in total. The predicted octanol–water partition coefficient (Wildman–Crippen LogP) is 4.53. The molecule has 0 aliphatic carbocycles. The topological polar surface area (TPSA) is 87.2 Å². The molecule has 4 rings (SSSR count). The SMILES string of the molecule is CCCCn1c(=O)c(CCC(=O)OCc2cc(-c3ccccc3)on2)nc2ccccc21. The zero-order valence-corrected chi connectivity index (χ0v) is 18.0. The summed E-state index contributed by atoms with van der Waals surface area (Å²) in [4.78, 5) is 29.7. The Morgan fingerprint density at radius 2 is 1.88 bits per heavy atom. The molecule has 2 aromatic heterocycles. The number of nitrogens with zero attached hydrogens (tertiary/aromatic N) is 3. The minimum absolute atomic E-state index is 0.0149. The predicted molar refractivity (Wildman–Crippen MR) is 121 cm³/mol. The van der Waals surface area contributed by atoms with Gasteiger partial charge >= 0.3 is 5.97 Å². The molecule has 0 atom stereocenters. The van der Waals surface area contributed by atoms with Gasteiger partial charge in [0.05, 0.1) is 17.5 Å². The second kappa shape index (κ2) is 10.0. The molecule has 2 heterocycles. The van der Waals surface area contributed by atoms with Crippen molar-refractivity contribution in [1.29, 1.82) is 0 Å². The van der Waals surface area contributed by atoms with Gasteiger partial charge in [-0.1, -0.05) is 61.0 Å². The molecule has 7 heteroatoms. The monoisotopic (exact) mass is 431 g/mol.